The molecule has 0 radical (unpaired) electrons. The first-order chi connectivity index (χ1) is 10.2. The molecule has 0 aromatic rings. The summed E-state index contributed by atoms with van der Waals surface area (Å²) in [6, 6.07) is 0. The van der Waals surface area contributed by atoms with Gasteiger partial charge < -0.3 is 10.2 Å². The van der Waals surface area contributed by atoms with E-state index in [1.165, 1.54) is 5.57 Å². The van der Waals surface area contributed by atoms with Gasteiger partial charge in [-0.1, -0.05) is 30.7 Å². The van der Waals surface area contributed by atoms with Crippen LogP contribution in [0.25, 0.3) is 0 Å². The summed E-state index contributed by atoms with van der Waals surface area (Å²) in [5.41, 5.74) is 5.06. The second-order valence-corrected chi connectivity index (χ2v) is 7.85. The summed E-state index contributed by atoms with van der Waals surface area (Å²) in [5, 5.41) is 20.8. The van der Waals surface area contributed by atoms with E-state index in [0.717, 1.165) is 43.3 Å². The number of hydrogen-bond acceptors (Lipinski definition) is 2. The number of aliphatic hydroxyl groups excluding tert-OH is 2. The van der Waals surface area contributed by atoms with Gasteiger partial charge in [0.15, 0.2) is 0 Å². The molecule has 2 aliphatic rings. The number of allylic oxidation sites excluding steroid dienone is 2. The Bertz CT molecular complexity index is 496. The molecule has 2 nitrogen and oxygen atoms in total. The molecule has 0 unspecified atom stereocenters. The average Bonchev–Trinajstić information content (AvgIpc) is 2.77. The molecule has 0 aromatic carbocycles. The third kappa shape index (κ3) is 3.55. The summed E-state index contributed by atoms with van der Waals surface area (Å²) in [7, 11) is 0. The van der Waals surface area contributed by atoms with Gasteiger partial charge in [-0.3, -0.25) is 0 Å². The van der Waals surface area contributed by atoms with Gasteiger partial charge in [-0.15, -0.1) is 0 Å². The lowest BCUT2D eigenvalue weighted by atomic mass is 9.71. The first kappa shape index (κ1) is 17.5. The summed E-state index contributed by atoms with van der Waals surface area (Å²) in [6.07, 6.45) is 6.70. The van der Waals surface area contributed by atoms with E-state index in [0.29, 0.717) is 12.3 Å². The Morgan fingerprint density at radius 2 is 1.91 bits per heavy atom. The van der Waals surface area contributed by atoms with Crippen molar-refractivity contribution < 1.29 is 10.2 Å². The second-order valence-electron chi connectivity index (χ2n) is 7.85. The van der Waals surface area contributed by atoms with E-state index < -0.39 is 12.2 Å². The smallest absolute Gasteiger partial charge is 0.0782 e. The number of fused-ring (bicyclic) bond motifs is 1. The van der Waals surface area contributed by atoms with E-state index in [1.54, 1.807) is 5.57 Å². The van der Waals surface area contributed by atoms with Crippen LogP contribution >= 0.6 is 0 Å². The summed E-state index contributed by atoms with van der Waals surface area (Å²) < 4.78 is 0. The molecule has 0 aliphatic heterocycles. The van der Waals surface area contributed by atoms with Gasteiger partial charge >= 0.3 is 0 Å². The van der Waals surface area contributed by atoms with Gasteiger partial charge in [0.05, 0.1) is 12.2 Å². The molecule has 0 saturated heterocycles. The minimum absolute atomic E-state index is 0.149. The highest BCUT2D eigenvalue weighted by Crippen LogP contribution is 2.53. The minimum Gasteiger partial charge on any atom is -0.389 e. The molecule has 22 heavy (non-hydrogen) atoms. The van der Waals surface area contributed by atoms with Crippen molar-refractivity contribution in [1.82, 2.24) is 0 Å². The fourth-order valence-electron chi connectivity index (χ4n) is 4.25. The molecular weight excluding hydrogens is 272 g/mol. The second kappa shape index (κ2) is 6.72. The van der Waals surface area contributed by atoms with E-state index in [4.69, 9.17) is 0 Å². The molecule has 4 atom stereocenters. The molecule has 2 aliphatic carbocycles. The summed E-state index contributed by atoms with van der Waals surface area (Å²) >= 11 is 0. The highest BCUT2D eigenvalue weighted by atomic mass is 16.3. The van der Waals surface area contributed by atoms with Crippen molar-refractivity contribution in [1.29, 1.82) is 0 Å². The van der Waals surface area contributed by atoms with Crippen LogP contribution in [0.3, 0.4) is 0 Å². The van der Waals surface area contributed by atoms with Gasteiger partial charge in [-0.25, -0.2) is 0 Å². The van der Waals surface area contributed by atoms with Crippen molar-refractivity contribution in [2.45, 2.75) is 78.4 Å². The van der Waals surface area contributed by atoms with E-state index in [1.807, 2.05) is 13.0 Å². The van der Waals surface area contributed by atoms with Gasteiger partial charge in [0.1, 0.15) is 0 Å². The van der Waals surface area contributed by atoms with Gasteiger partial charge in [-0.05, 0) is 81.8 Å². The molecular formula is C20H32O2. The molecule has 0 spiro atoms. The topological polar surface area (TPSA) is 40.5 Å². The van der Waals surface area contributed by atoms with E-state index in [2.05, 4.69) is 27.4 Å². The molecule has 2 heteroatoms. The molecule has 2 rings (SSSR count). The van der Waals surface area contributed by atoms with Crippen molar-refractivity contribution in [3.05, 3.63) is 34.9 Å². The van der Waals surface area contributed by atoms with Crippen molar-refractivity contribution >= 4 is 0 Å². The number of aliphatic hydroxyl groups is 2. The largest absolute Gasteiger partial charge is 0.389 e. The van der Waals surface area contributed by atoms with Crippen LogP contribution < -0.4 is 0 Å². The number of hydrogen-bond donors (Lipinski definition) is 2. The quantitative estimate of drug-likeness (QED) is 0.645. The summed E-state index contributed by atoms with van der Waals surface area (Å²) in [5.74, 6) is 0.502. The monoisotopic (exact) mass is 304 g/mol. The van der Waals surface area contributed by atoms with Crippen molar-refractivity contribution in [3.63, 3.8) is 0 Å². The molecule has 0 aromatic heterocycles. The maximum Gasteiger partial charge on any atom is 0.0782 e. The Kier molecular flexibility index (Phi) is 5.34. The third-order valence-corrected chi connectivity index (χ3v) is 5.94. The lowest BCUT2D eigenvalue weighted by Crippen LogP contribution is -2.29. The maximum atomic E-state index is 10.6. The molecule has 0 amide bonds. The Labute approximate surface area is 135 Å². The van der Waals surface area contributed by atoms with E-state index in [-0.39, 0.29) is 5.41 Å². The summed E-state index contributed by atoms with van der Waals surface area (Å²) in [6.45, 7) is 12.8. The third-order valence-electron chi connectivity index (χ3n) is 5.94. The molecule has 2 N–H and O–H groups in total. The Hall–Kier alpha value is -0.860. The van der Waals surface area contributed by atoms with Crippen molar-refractivity contribution in [2.75, 3.05) is 0 Å². The molecule has 1 fully saturated rings. The molecule has 1 saturated carbocycles. The van der Waals surface area contributed by atoms with Crippen LogP contribution in [0.15, 0.2) is 34.9 Å². The van der Waals surface area contributed by atoms with Crippen LogP contribution in [0.2, 0.25) is 0 Å². The minimum atomic E-state index is -0.483. The van der Waals surface area contributed by atoms with E-state index in [9.17, 15) is 10.2 Å². The highest BCUT2D eigenvalue weighted by Gasteiger charge is 2.43. The Balaban J connectivity index is 2.36. The fourth-order valence-corrected chi connectivity index (χ4v) is 4.25. The molecule has 124 valence electrons. The maximum absolute atomic E-state index is 10.6. The van der Waals surface area contributed by atoms with Gasteiger partial charge in [-0.2, -0.15) is 0 Å². The van der Waals surface area contributed by atoms with E-state index >= 15 is 0 Å². The van der Waals surface area contributed by atoms with Gasteiger partial charge in [0.25, 0.3) is 0 Å². The summed E-state index contributed by atoms with van der Waals surface area (Å²) in [4.78, 5) is 0. The Morgan fingerprint density at radius 1 is 1.23 bits per heavy atom. The van der Waals surface area contributed by atoms with Crippen molar-refractivity contribution in [3.8, 4) is 0 Å². The lowest BCUT2D eigenvalue weighted by molar-refractivity contribution is 0.107. The predicted molar refractivity (Wildman–Crippen MR) is 92.6 cm³/mol. The van der Waals surface area contributed by atoms with Crippen LogP contribution in [-0.2, 0) is 0 Å². The zero-order valence-corrected chi connectivity index (χ0v) is 14.7. The van der Waals surface area contributed by atoms with Crippen molar-refractivity contribution in [2.24, 2.45) is 11.3 Å². The zero-order valence-electron chi connectivity index (χ0n) is 14.7. The number of rotatable bonds is 0. The van der Waals surface area contributed by atoms with Crippen LogP contribution in [0.1, 0.15) is 66.2 Å². The molecule has 0 bridgehead atoms. The standard InChI is InChI=1S/C20H32O2/c1-13(2)16-10-11-20(5)12-19(22)15(4)7-9-18(21)14(3)6-8-17(16)20/h7,17-19,21-22H,3,6,8-12H2,1-2,4-5H3/b15-7-/t17-,18-,19+,20+/m1/s1. The van der Waals surface area contributed by atoms with Crippen LogP contribution in [-0.4, -0.2) is 22.4 Å². The highest BCUT2D eigenvalue weighted by molar-refractivity contribution is 5.24. The average molecular weight is 304 g/mol. The Morgan fingerprint density at radius 3 is 2.55 bits per heavy atom. The fraction of sp³-hybridized carbons (Fsp3) is 0.700. The van der Waals surface area contributed by atoms with Gasteiger partial charge in [0, 0.05) is 0 Å². The zero-order chi connectivity index (χ0) is 16.5. The van der Waals surface area contributed by atoms with Crippen LogP contribution in [0, 0.1) is 11.3 Å². The van der Waals surface area contributed by atoms with Gasteiger partial charge in [0.2, 0.25) is 0 Å². The first-order valence-electron chi connectivity index (χ1n) is 8.61. The lowest BCUT2D eigenvalue weighted by Gasteiger charge is -2.35. The normalized spacial score (nSPS) is 39.7. The predicted octanol–water partition coefficient (Wildman–Crippen LogP) is 4.54. The van der Waals surface area contributed by atoms with Crippen LogP contribution in [0.5, 0.6) is 0 Å². The molecule has 0 heterocycles. The first-order valence-corrected chi connectivity index (χ1v) is 8.61. The SMILES string of the molecule is C=C1CC[C@@H]2C(=C(C)C)CC[C@@]2(C)C[C@H](O)/C(C)=C\C[C@H]1O. The van der Waals surface area contributed by atoms with Crippen LogP contribution in [0.4, 0.5) is 0 Å².